The van der Waals surface area contributed by atoms with Gasteiger partial charge in [0.15, 0.2) is 0 Å². The first-order chi connectivity index (χ1) is 10.7. The van der Waals surface area contributed by atoms with E-state index in [1.54, 1.807) is 18.2 Å². The van der Waals surface area contributed by atoms with Crippen LogP contribution in [0.1, 0.15) is 49.4 Å². The highest BCUT2D eigenvalue weighted by Crippen LogP contribution is 2.14. The van der Waals surface area contributed by atoms with Gasteiger partial charge in [-0.1, -0.05) is 13.0 Å². The number of rotatable bonds is 7. The van der Waals surface area contributed by atoms with Crippen LogP contribution < -0.4 is 16.0 Å². The van der Waals surface area contributed by atoms with Crippen molar-refractivity contribution in [2.75, 3.05) is 18.4 Å². The van der Waals surface area contributed by atoms with E-state index in [2.05, 4.69) is 16.0 Å². The van der Waals surface area contributed by atoms with Crippen LogP contribution in [-0.4, -0.2) is 30.9 Å². The maximum Gasteiger partial charge on any atom is 0.251 e. The lowest BCUT2D eigenvalue weighted by Crippen LogP contribution is -2.24. The van der Waals surface area contributed by atoms with E-state index < -0.39 is 0 Å². The first kappa shape index (κ1) is 16.5. The Balaban J connectivity index is 1.83. The number of nitrogens with one attached hydrogen (secondary N) is 3. The van der Waals surface area contributed by atoms with Crippen LogP contribution in [-0.2, 0) is 4.79 Å². The van der Waals surface area contributed by atoms with Crippen LogP contribution in [0.4, 0.5) is 5.69 Å². The Morgan fingerprint density at radius 2 is 2.23 bits per heavy atom. The Morgan fingerprint density at radius 3 is 2.95 bits per heavy atom. The Bertz CT molecular complexity index is 510. The summed E-state index contributed by atoms with van der Waals surface area (Å²) < 4.78 is 0. The first-order valence-electron chi connectivity index (χ1n) is 8.10. The van der Waals surface area contributed by atoms with Crippen molar-refractivity contribution in [3.8, 4) is 0 Å². The van der Waals surface area contributed by atoms with Crippen molar-refractivity contribution < 1.29 is 9.59 Å². The molecular weight excluding hydrogens is 278 g/mol. The molecule has 0 spiro atoms. The van der Waals surface area contributed by atoms with Crippen molar-refractivity contribution in [2.45, 2.75) is 45.1 Å². The number of hydrogen-bond donors (Lipinski definition) is 3. The van der Waals surface area contributed by atoms with Crippen molar-refractivity contribution in [1.82, 2.24) is 10.6 Å². The highest BCUT2D eigenvalue weighted by Gasteiger charge is 2.15. The summed E-state index contributed by atoms with van der Waals surface area (Å²) in [6, 6.07) is 7.54. The second-order valence-corrected chi connectivity index (χ2v) is 5.72. The third-order valence-electron chi connectivity index (χ3n) is 3.83. The topological polar surface area (TPSA) is 70.2 Å². The van der Waals surface area contributed by atoms with Crippen molar-refractivity contribution in [2.24, 2.45) is 0 Å². The summed E-state index contributed by atoms with van der Waals surface area (Å²) in [6.45, 7) is 3.72. The maximum atomic E-state index is 12.0. The molecule has 5 nitrogen and oxygen atoms in total. The fourth-order valence-corrected chi connectivity index (χ4v) is 2.61. The summed E-state index contributed by atoms with van der Waals surface area (Å²) in [6.07, 6.45) is 4.62. The van der Waals surface area contributed by atoms with Gasteiger partial charge >= 0.3 is 0 Å². The Kier molecular flexibility index (Phi) is 6.40. The summed E-state index contributed by atoms with van der Waals surface area (Å²) in [5.41, 5.74) is 1.25. The van der Waals surface area contributed by atoms with Gasteiger partial charge in [0.05, 0.1) is 0 Å². The largest absolute Gasteiger partial charge is 0.352 e. The fraction of sp³-hybridized carbons (Fsp3) is 0.529. The van der Waals surface area contributed by atoms with E-state index in [4.69, 9.17) is 0 Å². The molecule has 1 atom stereocenters. The molecule has 2 amide bonds. The lowest BCUT2D eigenvalue weighted by Gasteiger charge is -2.11. The average molecular weight is 303 g/mol. The molecule has 1 aromatic carbocycles. The minimum Gasteiger partial charge on any atom is -0.352 e. The zero-order chi connectivity index (χ0) is 15.8. The number of carbonyl (C=O) groups is 2. The highest BCUT2D eigenvalue weighted by atomic mass is 16.2. The van der Waals surface area contributed by atoms with Crippen LogP contribution in [0, 0.1) is 0 Å². The molecule has 1 aromatic rings. The fourth-order valence-electron chi connectivity index (χ4n) is 2.61. The number of carbonyl (C=O) groups excluding carboxylic acids is 2. The lowest BCUT2D eigenvalue weighted by atomic mass is 10.1. The smallest absolute Gasteiger partial charge is 0.251 e. The van der Waals surface area contributed by atoms with Gasteiger partial charge in [0.1, 0.15) is 0 Å². The van der Waals surface area contributed by atoms with Crippen LogP contribution in [0.5, 0.6) is 0 Å². The van der Waals surface area contributed by atoms with E-state index in [0.29, 0.717) is 30.3 Å². The van der Waals surface area contributed by atoms with Crippen molar-refractivity contribution >= 4 is 17.5 Å². The van der Waals surface area contributed by atoms with Crippen molar-refractivity contribution in [3.63, 3.8) is 0 Å². The molecule has 0 bridgehead atoms. The van der Waals surface area contributed by atoms with Crippen LogP contribution in [0.25, 0.3) is 0 Å². The van der Waals surface area contributed by atoms with Gasteiger partial charge in [-0.05, 0) is 50.4 Å². The maximum absolute atomic E-state index is 12.0. The van der Waals surface area contributed by atoms with Crippen LogP contribution in [0.2, 0.25) is 0 Å². The van der Waals surface area contributed by atoms with Gasteiger partial charge in [-0.3, -0.25) is 9.59 Å². The lowest BCUT2D eigenvalue weighted by molar-refractivity contribution is -0.116. The van der Waals surface area contributed by atoms with E-state index >= 15 is 0 Å². The molecule has 0 radical (unpaired) electrons. The quantitative estimate of drug-likeness (QED) is 0.724. The SMILES string of the molecule is CCCNC(=O)c1cccc(NC(=O)CCC2CCCN2)c1. The molecule has 0 aliphatic carbocycles. The summed E-state index contributed by atoms with van der Waals surface area (Å²) in [5, 5.41) is 9.09. The van der Waals surface area contributed by atoms with Gasteiger partial charge in [0.25, 0.3) is 5.91 Å². The number of anilines is 1. The van der Waals surface area contributed by atoms with Gasteiger partial charge in [-0.2, -0.15) is 0 Å². The summed E-state index contributed by atoms with van der Waals surface area (Å²) >= 11 is 0. The minimum atomic E-state index is -0.104. The summed E-state index contributed by atoms with van der Waals surface area (Å²) in [7, 11) is 0. The average Bonchev–Trinajstić information content (AvgIpc) is 3.04. The van der Waals surface area contributed by atoms with Gasteiger partial charge < -0.3 is 16.0 Å². The van der Waals surface area contributed by atoms with E-state index in [1.165, 1.54) is 6.42 Å². The minimum absolute atomic E-state index is 0.000170. The van der Waals surface area contributed by atoms with Crippen LogP contribution >= 0.6 is 0 Å². The normalized spacial score (nSPS) is 17.2. The highest BCUT2D eigenvalue weighted by molar-refractivity contribution is 5.97. The molecule has 22 heavy (non-hydrogen) atoms. The van der Waals surface area contributed by atoms with Crippen molar-refractivity contribution in [1.29, 1.82) is 0 Å². The molecule has 1 fully saturated rings. The molecule has 1 aliphatic rings. The third-order valence-corrected chi connectivity index (χ3v) is 3.83. The molecule has 0 aromatic heterocycles. The van der Waals surface area contributed by atoms with E-state index in [0.717, 1.165) is 25.8 Å². The molecule has 1 heterocycles. The summed E-state index contributed by atoms with van der Waals surface area (Å²) in [5.74, 6) is -0.104. The number of hydrogen-bond acceptors (Lipinski definition) is 3. The molecule has 120 valence electrons. The molecule has 0 saturated carbocycles. The van der Waals surface area contributed by atoms with Gasteiger partial charge in [-0.15, -0.1) is 0 Å². The van der Waals surface area contributed by atoms with Crippen LogP contribution in [0.15, 0.2) is 24.3 Å². The molecule has 1 unspecified atom stereocenters. The van der Waals surface area contributed by atoms with Crippen molar-refractivity contribution in [3.05, 3.63) is 29.8 Å². The molecule has 1 saturated heterocycles. The predicted molar refractivity (Wildman–Crippen MR) is 88.0 cm³/mol. The monoisotopic (exact) mass is 303 g/mol. The zero-order valence-corrected chi connectivity index (χ0v) is 13.2. The standard InChI is InChI=1S/C17H25N3O2/c1-2-10-19-17(22)13-5-3-6-15(12-13)20-16(21)9-8-14-7-4-11-18-14/h3,5-6,12,14,18H,2,4,7-11H2,1H3,(H,19,22)(H,20,21). The van der Waals surface area contributed by atoms with E-state index in [9.17, 15) is 9.59 Å². The molecule has 1 aliphatic heterocycles. The van der Waals surface area contributed by atoms with E-state index in [1.807, 2.05) is 13.0 Å². The second-order valence-electron chi connectivity index (χ2n) is 5.72. The Hall–Kier alpha value is -1.88. The molecule has 3 N–H and O–H groups in total. The zero-order valence-electron chi connectivity index (χ0n) is 13.2. The molecular formula is C17H25N3O2. The van der Waals surface area contributed by atoms with Gasteiger partial charge in [-0.25, -0.2) is 0 Å². The number of benzene rings is 1. The number of amides is 2. The van der Waals surface area contributed by atoms with Crippen LogP contribution in [0.3, 0.4) is 0 Å². The first-order valence-corrected chi connectivity index (χ1v) is 8.10. The predicted octanol–water partition coefficient (Wildman–Crippen LogP) is 2.30. The molecule has 2 rings (SSSR count). The Labute approximate surface area is 131 Å². The van der Waals surface area contributed by atoms with E-state index in [-0.39, 0.29) is 11.8 Å². The van der Waals surface area contributed by atoms with Gasteiger partial charge in [0.2, 0.25) is 5.91 Å². The molecule has 5 heteroatoms. The Morgan fingerprint density at radius 1 is 1.36 bits per heavy atom. The summed E-state index contributed by atoms with van der Waals surface area (Å²) in [4.78, 5) is 23.9. The second kappa shape index (κ2) is 8.54. The third kappa shape index (κ3) is 5.15. The van der Waals surface area contributed by atoms with Gasteiger partial charge in [0, 0.05) is 30.3 Å².